The van der Waals surface area contributed by atoms with E-state index < -0.39 is 29.0 Å². The molecule has 1 aromatic rings. The maximum atomic E-state index is 14.1. The first-order valence-electron chi connectivity index (χ1n) is 8.36. The fourth-order valence-corrected chi connectivity index (χ4v) is 2.89. The van der Waals surface area contributed by atoms with E-state index in [1.165, 1.54) is 24.3 Å². The summed E-state index contributed by atoms with van der Waals surface area (Å²) >= 11 is 0. The van der Waals surface area contributed by atoms with Gasteiger partial charge in [-0.1, -0.05) is 42.8 Å². The molecule has 0 radical (unpaired) electrons. The minimum atomic E-state index is -5.25. The van der Waals surface area contributed by atoms with Crippen LogP contribution in [0.1, 0.15) is 44.0 Å². The zero-order chi connectivity index (χ0) is 20.9. The molecule has 0 saturated heterocycles. The van der Waals surface area contributed by atoms with Crippen molar-refractivity contribution in [3.8, 4) is 0 Å². The van der Waals surface area contributed by atoms with E-state index in [1.54, 1.807) is 31.3 Å². The molecule has 4 nitrogen and oxygen atoms in total. The highest BCUT2D eigenvalue weighted by atomic mass is 19.4. The van der Waals surface area contributed by atoms with E-state index in [2.05, 4.69) is 6.58 Å². The van der Waals surface area contributed by atoms with E-state index in [0.717, 1.165) is 18.6 Å². The Hall–Kier alpha value is -2.57. The van der Waals surface area contributed by atoms with Crippen molar-refractivity contribution in [2.24, 2.45) is 5.41 Å². The molecule has 7 heteroatoms. The molecule has 0 heterocycles. The number of hydrogen-bond acceptors (Lipinski definition) is 2. The number of nitrogens with one attached hydrogen (secondary N) is 1. The number of carbonyl (C=O) groups excluding carboxylic acids is 1. The van der Waals surface area contributed by atoms with Gasteiger partial charge in [-0.2, -0.15) is 13.2 Å². The first-order chi connectivity index (χ1) is 12.4. The van der Waals surface area contributed by atoms with Crippen LogP contribution in [-0.2, 0) is 4.79 Å². The maximum absolute atomic E-state index is 14.1. The first kappa shape index (κ1) is 22.5. The van der Waals surface area contributed by atoms with Crippen molar-refractivity contribution < 1.29 is 27.9 Å². The van der Waals surface area contributed by atoms with Crippen molar-refractivity contribution in [2.75, 3.05) is 0 Å². The molecule has 0 bridgehead atoms. The molecule has 0 aliphatic heterocycles. The Morgan fingerprint density at radius 2 is 1.74 bits per heavy atom. The van der Waals surface area contributed by atoms with Crippen molar-refractivity contribution >= 4 is 11.9 Å². The molecule has 0 fully saturated rings. The third kappa shape index (κ3) is 4.59. The van der Waals surface area contributed by atoms with Crippen LogP contribution >= 0.6 is 0 Å². The van der Waals surface area contributed by atoms with Gasteiger partial charge in [0.05, 0.1) is 0 Å². The summed E-state index contributed by atoms with van der Waals surface area (Å²) < 4.78 is 42.3. The van der Waals surface area contributed by atoms with Gasteiger partial charge in [0, 0.05) is 11.0 Å². The highest BCUT2D eigenvalue weighted by molar-refractivity contribution is 5.98. The van der Waals surface area contributed by atoms with E-state index in [9.17, 15) is 27.9 Å². The zero-order valence-electron chi connectivity index (χ0n) is 15.6. The summed E-state index contributed by atoms with van der Waals surface area (Å²) in [7, 11) is 0. The number of carbonyl (C=O) groups is 2. The normalized spacial score (nSPS) is 15.8. The Bertz CT molecular complexity index is 724. The number of alkyl halides is 3. The van der Waals surface area contributed by atoms with Crippen LogP contribution in [0.4, 0.5) is 13.2 Å². The number of amides is 1. The van der Waals surface area contributed by atoms with Gasteiger partial charge < -0.3 is 10.4 Å². The van der Waals surface area contributed by atoms with Crippen LogP contribution in [0.3, 0.4) is 0 Å². The van der Waals surface area contributed by atoms with Gasteiger partial charge in [-0.15, -0.1) is 6.58 Å². The fraction of sp³-hybridized carbons (Fsp3) is 0.400. The smallest absolute Gasteiger partial charge is 0.423 e. The lowest BCUT2D eigenvalue weighted by molar-refractivity contribution is -0.228. The third-order valence-corrected chi connectivity index (χ3v) is 4.61. The second-order valence-corrected chi connectivity index (χ2v) is 6.81. The predicted octanol–water partition coefficient (Wildman–Crippen LogP) is 4.74. The Kier molecular flexibility index (Phi) is 7.00. The van der Waals surface area contributed by atoms with Gasteiger partial charge in [0.25, 0.3) is 5.91 Å². The van der Waals surface area contributed by atoms with Crippen LogP contribution in [0.15, 0.2) is 54.6 Å². The molecule has 0 aromatic heterocycles. The number of carboxylic acid groups (broad SMARTS) is 1. The summed E-state index contributed by atoms with van der Waals surface area (Å²) in [5.74, 6) is -3.30. The van der Waals surface area contributed by atoms with E-state index in [4.69, 9.17) is 0 Å². The lowest BCUT2D eigenvalue weighted by Crippen LogP contribution is -2.71. The lowest BCUT2D eigenvalue weighted by Gasteiger charge is -2.45. The van der Waals surface area contributed by atoms with Crippen LogP contribution in [0.5, 0.6) is 0 Å². The largest absolute Gasteiger partial charge is 0.479 e. The molecule has 0 aliphatic carbocycles. The molecule has 2 atom stereocenters. The van der Waals surface area contributed by atoms with E-state index >= 15 is 0 Å². The van der Waals surface area contributed by atoms with Crippen LogP contribution < -0.4 is 5.32 Å². The maximum Gasteiger partial charge on any atom is 0.423 e. The highest BCUT2D eigenvalue weighted by Gasteiger charge is 2.70. The van der Waals surface area contributed by atoms with Crippen molar-refractivity contribution in [1.29, 1.82) is 0 Å². The van der Waals surface area contributed by atoms with Gasteiger partial charge in [0.1, 0.15) is 0 Å². The molecular weight excluding hydrogens is 359 g/mol. The molecule has 0 spiro atoms. The summed E-state index contributed by atoms with van der Waals surface area (Å²) in [5, 5.41) is 11.4. The molecule has 0 aliphatic rings. The van der Waals surface area contributed by atoms with E-state index in [1.807, 2.05) is 0 Å². The Balaban J connectivity index is 3.48. The monoisotopic (exact) mass is 383 g/mol. The summed E-state index contributed by atoms with van der Waals surface area (Å²) in [6.07, 6.45) is -2.54. The molecule has 2 unspecified atom stereocenters. The Labute approximate surface area is 156 Å². The molecule has 27 heavy (non-hydrogen) atoms. The van der Waals surface area contributed by atoms with Crippen LogP contribution in [0.2, 0.25) is 0 Å². The minimum Gasteiger partial charge on any atom is -0.479 e. The number of allylic oxidation sites excluding steroid dienone is 2. The molecule has 2 N–H and O–H groups in total. The van der Waals surface area contributed by atoms with Crippen LogP contribution in [-0.4, -0.2) is 28.7 Å². The van der Waals surface area contributed by atoms with Gasteiger partial charge in [-0.25, -0.2) is 4.79 Å². The molecular formula is C20H24F3NO3. The third-order valence-electron chi connectivity index (χ3n) is 4.61. The summed E-state index contributed by atoms with van der Waals surface area (Å²) in [6.45, 7) is 8.16. The van der Waals surface area contributed by atoms with Gasteiger partial charge in [-0.05, 0) is 38.8 Å². The Morgan fingerprint density at radius 3 is 2.15 bits per heavy atom. The van der Waals surface area contributed by atoms with Crippen molar-refractivity contribution in [1.82, 2.24) is 5.32 Å². The zero-order valence-corrected chi connectivity index (χ0v) is 15.6. The minimum absolute atomic E-state index is 0.0666. The second kappa shape index (κ2) is 8.41. The highest BCUT2D eigenvalue weighted by Crippen LogP contribution is 2.48. The van der Waals surface area contributed by atoms with E-state index in [0.29, 0.717) is 0 Å². The molecule has 1 amide bonds. The number of aliphatic carboxylic acids is 1. The predicted molar refractivity (Wildman–Crippen MR) is 97.3 cm³/mol. The van der Waals surface area contributed by atoms with Crippen molar-refractivity contribution in [2.45, 2.75) is 45.3 Å². The summed E-state index contributed by atoms with van der Waals surface area (Å²) in [5.41, 5.74) is -4.68. The Morgan fingerprint density at radius 1 is 1.19 bits per heavy atom. The molecule has 0 saturated carbocycles. The standard InChI is InChI=1S/C20H24F3NO3/c1-5-18(4,13-9-10-14(2)3)19(17(26)27,20(21,22)23)24-16(25)15-11-7-6-8-12-15/h5-8,10-12H,1,9,13H2,2-4H3,(H,24,25)(H,26,27). The fourth-order valence-electron chi connectivity index (χ4n) is 2.89. The number of hydrogen-bond donors (Lipinski definition) is 2. The average molecular weight is 383 g/mol. The van der Waals surface area contributed by atoms with Crippen LogP contribution in [0, 0.1) is 5.41 Å². The molecule has 1 rings (SSSR count). The average Bonchev–Trinajstić information content (AvgIpc) is 2.58. The first-order valence-corrected chi connectivity index (χ1v) is 8.36. The van der Waals surface area contributed by atoms with Gasteiger partial charge in [-0.3, -0.25) is 4.79 Å². The van der Waals surface area contributed by atoms with Crippen molar-refractivity contribution in [3.63, 3.8) is 0 Å². The topological polar surface area (TPSA) is 66.4 Å². The van der Waals surface area contributed by atoms with Gasteiger partial charge in [0.2, 0.25) is 5.54 Å². The van der Waals surface area contributed by atoms with Gasteiger partial charge >= 0.3 is 12.1 Å². The van der Waals surface area contributed by atoms with Gasteiger partial charge in [0.15, 0.2) is 0 Å². The number of carboxylic acids is 1. The lowest BCUT2D eigenvalue weighted by atomic mass is 9.67. The SMILES string of the molecule is C=CC(C)(CCC=C(C)C)C(NC(=O)c1ccccc1)(C(=O)O)C(F)(F)F. The van der Waals surface area contributed by atoms with Crippen LogP contribution in [0.25, 0.3) is 0 Å². The van der Waals surface area contributed by atoms with E-state index in [-0.39, 0.29) is 18.4 Å². The summed E-state index contributed by atoms with van der Waals surface area (Å²) in [6, 6.07) is 7.18. The van der Waals surface area contributed by atoms with Crippen molar-refractivity contribution in [3.05, 3.63) is 60.2 Å². The number of halogens is 3. The number of rotatable bonds is 8. The molecule has 1 aromatic carbocycles. The number of benzene rings is 1. The summed E-state index contributed by atoms with van der Waals surface area (Å²) in [4.78, 5) is 24.4. The second-order valence-electron chi connectivity index (χ2n) is 6.81. The molecule has 148 valence electrons. The quantitative estimate of drug-likeness (QED) is 0.637.